The van der Waals surface area contributed by atoms with Gasteiger partial charge in [0.1, 0.15) is 27.8 Å². The molecule has 2 aromatic carbocycles. The number of sulfonamides is 1. The number of anilines is 2. The Hall–Kier alpha value is -4.58. The minimum absolute atomic E-state index is 0.0702. The second-order valence-corrected chi connectivity index (χ2v) is 14.4. The van der Waals surface area contributed by atoms with E-state index in [1.54, 1.807) is 12.1 Å². The molecule has 14 nitrogen and oxygen atoms in total. The molecule has 1 amide bonds. The quantitative estimate of drug-likeness (QED) is 0.140. The molecule has 4 rings (SSSR count). The molecule has 0 aliphatic heterocycles. The highest BCUT2D eigenvalue weighted by atomic mass is 32.2. The van der Waals surface area contributed by atoms with E-state index >= 15 is 0 Å². The number of alkyl carbamates (subject to hydrolysis) is 1. The number of alkyl halides is 3. The van der Waals surface area contributed by atoms with Crippen molar-refractivity contribution in [2.75, 3.05) is 51.0 Å². The number of fused-ring (bicyclic) bond motifs is 1. The smallest absolute Gasteiger partial charge is 0.490 e. The number of para-hydroxylation sites is 1. The molecule has 18 heteroatoms. The van der Waals surface area contributed by atoms with Crippen molar-refractivity contribution in [3.05, 3.63) is 42.5 Å². The van der Waals surface area contributed by atoms with Gasteiger partial charge in [0.05, 0.1) is 19.7 Å². The predicted octanol–water partition coefficient (Wildman–Crippen LogP) is 5.41. The highest BCUT2D eigenvalue weighted by molar-refractivity contribution is 7.89. The number of hydrogen-bond donors (Lipinski definition) is 5. The number of carboxylic acids is 1. The number of amides is 1. The standard InChI is InChI=1S/C31H44N6O6S.C2HF3O2/c1-31(2,3)43-30(38)33-17-16-32-28-24-8-6-7-9-25(24)36-29(37-28)34-19-21-10-12-22(13-11-21)20-35-44(39,40)27-18-23(41-4)14-15-26(27)42-5;3-2(4,5)1(6)7/h6-9,14-15,18,21-22,35H,10-13,16-17,19-20H2,1-5H3,(H,33,38)(H2,32,34,36,37);(H,6,7). The molecular weight excluding hydrogens is 697 g/mol. The minimum atomic E-state index is -5.08. The lowest BCUT2D eigenvalue weighted by Crippen LogP contribution is -2.35. The van der Waals surface area contributed by atoms with Gasteiger partial charge in [0, 0.05) is 37.6 Å². The largest absolute Gasteiger partial charge is 0.497 e. The second kappa shape index (κ2) is 18.1. The molecule has 0 spiro atoms. The molecule has 1 aliphatic rings. The maximum absolute atomic E-state index is 13.0. The number of methoxy groups -OCH3 is 2. The summed E-state index contributed by atoms with van der Waals surface area (Å²) >= 11 is 0. The molecule has 3 aromatic rings. The van der Waals surface area contributed by atoms with E-state index in [1.807, 2.05) is 45.0 Å². The van der Waals surface area contributed by atoms with E-state index in [4.69, 9.17) is 34.1 Å². The van der Waals surface area contributed by atoms with Crippen LogP contribution in [0, 0.1) is 11.8 Å². The number of ether oxygens (including phenoxy) is 3. The van der Waals surface area contributed by atoms with Gasteiger partial charge in [-0.1, -0.05) is 12.1 Å². The van der Waals surface area contributed by atoms with Gasteiger partial charge in [-0.15, -0.1) is 0 Å². The van der Waals surface area contributed by atoms with Crippen molar-refractivity contribution in [2.24, 2.45) is 11.8 Å². The lowest BCUT2D eigenvalue weighted by atomic mass is 9.82. The van der Waals surface area contributed by atoms with E-state index in [9.17, 15) is 26.4 Å². The van der Waals surface area contributed by atoms with E-state index in [1.165, 1.54) is 20.3 Å². The van der Waals surface area contributed by atoms with Crippen LogP contribution >= 0.6 is 0 Å². The van der Waals surface area contributed by atoms with Gasteiger partial charge in [0.15, 0.2) is 0 Å². The van der Waals surface area contributed by atoms with E-state index in [-0.39, 0.29) is 16.6 Å². The van der Waals surface area contributed by atoms with Gasteiger partial charge in [0.2, 0.25) is 16.0 Å². The van der Waals surface area contributed by atoms with Gasteiger partial charge >= 0.3 is 18.2 Å². The highest BCUT2D eigenvalue weighted by Gasteiger charge is 2.38. The number of hydrogen-bond acceptors (Lipinski definition) is 11. The van der Waals surface area contributed by atoms with Gasteiger partial charge in [0.25, 0.3) is 0 Å². The summed E-state index contributed by atoms with van der Waals surface area (Å²) in [5.41, 5.74) is 0.264. The van der Waals surface area contributed by atoms with Crippen molar-refractivity contribution in [2.45, 2.75) is 63.1 Å². The summed E-state index contributed by atoms with van der Waals surface area (Å²) < 4.78 is 76.3. The van der Waals surface area contributed by atoms with Crippen LogP contribution in [-0.4, -0.2) is 87.7 Å². The minimum Gasteiger partial charge on any atom is -0.497 e. The number of carbonyl (C=O) groups excluding carboxylic acids is 1. The Kier molecular flexibility index (Phi) is 14.5. The summed E-state index contributed by atoms with van der Waals surface area (Å²) in [4.78, 5) is 30.3. The molecule has 1 heterocycles. The highest BCUT2D eigenvalue weighted by Crippen LogP contribution is 2.31. The molecule has 51 heavy (non-hydrogen) atoms. The van der Waals surface area contributed by atoms with Crippen molar-refractivity contribution >= 4 is 44.8 Å². The molecule has 0 bridgehead atoms. The zero-order chi connectivity index (χ0) is 37.8. The monoisotopic (exact) mass is 742 g/mol. The van der Waals surface area contributed by atoms with Crippen LogP contribution < -0.4 is 30.1 Å². The molecule has 1 aliphatic carbocycles. The lowest BCUT2D eigenvalue weighted by molar-refractivity contribution is -0.192. The first-order valence-corrected chi connectivity index (χ1v) is 17.6. The zero-order valence-corrected chi connectivity index (χ0v) is 29.9. The summed E-state index contributed by atoms with van der Waals surface area (Å²) in [5, 5.41) is 17.5. The fourth-order valence-corrected chi connectivity index (χ4v) is 6.42. The average Bonchev–Trinajstić information content (AvgIpc) is 3.07. The van der Waals surface area contributed by atoms with Crippen LogP contribution in [0.4, 0.5) is 29.7 Å². The number of nitrogens with zero attached hydrogens (tertiary/aromatic N) is 2. The molecule has 1 aromatic heterocycles. The first-order chi connectivity index (χ1) is 23.9. The first-order valence-electron chi connectivity index (χ1n) is 16.1. The fourth-order valence-electron chi connectivity index (χ4n) is 5.12. The van der Waals surface area contributed by atoms with Crippen LogP contribution in [0.3, 0.4) is 0 Å². The predicted molar refractivity (Wildman–Crippen MR) is 185 cm³/mol. The van der Waals surface area contributed by atoms with Crippen LogP contribution in [0.2, 0.25) is 0 Å². The number of aliphatic carboxylic acids is 1. The molecule has 282 valence electrons. The van der Waals surface area contributed by atoms with Gasteiger partial charge in [-0.2, -0.15) is 18.2 Å². The van der Waals surface area contributed by atoms with Crippen LogP contribution in [0.1, 0.15) is 46.5 Å². The molecule has 0 atom stereocenters. The summed E-state index contributed by atoms with van der Waals surface area (Å²) in [6.07, 6.45) is -1.77. The maximum Gasteiger partial charge on any atom is 0.490 e. The third-order valence-corrected chi connectivity index (χ3v) is 9.11. The van der Waals surface area contributed by atoms with Gasteiger partial charge in [-0.25, -0.2) is 27.7 Å². The Labute approximate surface area is 294 Å². The van der Waals surface area contributed by atoms with Crippen LogP contribution in [0.5, 0.6) is 11.5 Å². The third kappa shape index (κ3) is 13.2. The van der Waals surface area contributed by atoms with Gasteiger partial charge < -0.3 is 35.3 Å². The Morgan fingerprint density at radius 1 is 0.902 bits per heavy atom. The van der Waals surface area contributed by atoms with E-state index in [0.717, 1.165) is 43.1 Å². The number of benzene rings is 2. The number of aromatic nitrogens is 2. The fraction of sp³-hybridized carbons (Fsp3) is 0.515. The topological polar surface area (TPSA) is 190 Å². The Balaban J connectivity index is 0.000000908. The first kappa shape index (κ1) is 40.8. The lowest BCUT2D eigenvalue weighted by Gasteiger charge is -2.28. The Bertz CT molecular complexity index is 1730. The number of halogens is 3. The maximum atomic E-state index is 13.0. The van der Waals surface area contributed by atoms with Crippen molar-refractivity contribution < 1.29 is 50.5 Å². The number of carbonyl (C=O) groups is 2. The van der Waals surface area contributed by atoms with Crippen molar-refractivity contribution in [3.63, 3.8) is 0 Å². The summed E-state index contributed by atoms with van der Waals surface area (Å²) in [5.74, 6) is -0.133. The van der Waals surface area contributed by atoms with Crippen LogP contribution in [0.25, 0.3) is 10.9 Å². The van der Waals surface area contributed by atoms with Crippen molar-refractivity contribution in [1.82, 2.24) is 20.0 Å². The van der Waals surface area contributed by atoms with Crippen LogP contribution in [-0.2, 0) is 19.6 Å². The SMILES string of the molecule is COc1ccc(OC)c(S(=O)(=O)NCC2CCC(CNc3nc(NCCNC(=O)OC(C)(C)C)c4ccccc4n3)CC2)c1.O=C(O)C(F)(F)F. The molecule has 0 saturated heterocycles. The average molecular weight is 743 g/mol. The Morgan fingerprint density at radius 3 is 2.12 bits per heavy atom. The van der Waals surface area contributed by atoms with E-state index in [0.29, 0.717) is 43.1 Å². The van der Waals surface area contributed by atoms with Crippen LogP contribution in [0.15, 0.2) is 47.4 Å². The molecule has 1 fully saturated rings. The van der Waals surface area contributed by atoms with Crippen molar-refractivity contribution in [1.29, 1.82) is 0 Å². The number of nitrogens with one attached hydrogen (secondary N) is 4. The van der Waals surface area contributed by atoms with E-state index < -0.39 is 33.9 Å². The Morgan fingerprint density at radius 2 is 1.53 bits per heavy atom. The summed E-state index contributed by atoms with van der Waals surface area (Å²) in [6, 6.07) is 12.5. The second-order valence-electron chi connectivity index (χ2n) is 12.7. The van der Waals surface area contributed by atoms with Crippen molar-refractivity contribution in [3.8, 4) is 11.5 Å². The third-order valence-electron chi connectivity index (χ3n) is 7.67. The number of rotatable bonds is 13. The zero-order valence-electron chi connectivity index (χ0n) is 29.1. The molecule has 0 radical (unpaired) electrons. The summed E-state index contributed by atoms with van der Waals surface area (Å²) in [6.45, 7) is 7.41. The summed E-state index contributed by atoms with van der Waals surface area (Å²) in [7, 11) is -0.811. The molecule has 1 saturated carbocycles. The van der Waals surface area contributed by atoms with E-state index in [2.05, 4.69) is 20.7 Å². The molecule has 5 N–H and O–H groups in total. The van der Waals surface area contributed by atoms with Gasteiger partial charge in [-0.3, -0.25) is 0 Å². The normalized spacial score (nSPS) is 16.3. The number of carboxylic acid groups (broad SMARTS) is 1. The van der Waals surface area contributed by atoms with Gasteiger partial charge in [-0.05, 0) is 82.6 Å². The molecule has 0 unspecified atom stereocenters. The molecular formula is C33H45F3N6O8S.